The Morgan fingerprint density at radius 3 is 1.56 bits per heavy atom. The summed E-state index contributed by atoms with van der Waals surface area (Å²) in [5, 5.41) is 0. The molecule has 0 N–H and O–H groups in total. The summed E-state index contributed by atoms with van der Waals surface area (Å²) in [7, 11) is 0. The molecule has 4 saturated carbocycles. The van der Waals surface area contributed by atoms with Crippen molar-refractivity contribution in [1.29, 1.82) is 0 Å². The second-order valence-electron chi connectivity index (χ2n) is 7.79. The summed E-state index contributed by atoms with van der Waals surface area (Å²) in [6.07, 6.45) is 9.03. The molecule has 4 bridgehead atoms. The normalized spacial score (nSPS) is 57.2. The van der Waals surface area contributed by atoms with Crippen LogP contribution in [0.2, 0.25) is 0 Å². The fourth-order valence-electron chi connectivity index (χ4n) is 5.85. The minimum absolute atomic E-state index is 0.253. The van der Waals surface area contributed by atoms with E-state index in [1.807, 2.05) is 0 Å². The average molecular weight is 250 g/mol. The van der Waals surface area contributed by atoms with Crippen molar-refractivity contribution in [3.63, 3.8) is 0 Å². The Bertz CT molecular complexity index is 317. The van der Waals surface area contributed by atoms with Crippen molar-refractivity contribution in [1.82, 2.24) is 0 Å². The minimum atomic E-state index is -0.304. The van der Waals surface area contributed by atoms with E-state index in [2.05, 4.69) is 20.8 Å². The first-order valence-electron chi connectivity index (χ1n) is 7.85. The molecule has 1 heterocycles. The zero-order chi connectivity index (χ0) is 12.5. The first kappa shape index (κ1) is 11.7. The first-order chi connectivity index (χ1) is 8.50. The molecule has 102 valence electrons. The monoisotopic (exact) mass is 250 g/mol. The molecule has 0 aromatic heterocycles. The molecule has 0 amide bonds. The molecule has 5 rings (SSSR count). The fraction of sp³-hybridized carbons (Fsp3) is 1.00. The van der Waals surface area contributed by atoms with Gasteiger partial charge >= 0.3 is 0 Å². The Kier molecular flexibility index (Phi) is 2.29. The zero-order valence-corrected chi connectivity index (χ0v) is 11.9. The minimum Gasteiger partial charge on any atom is -0.344 e. The maximum atomic E-state index is 6.32. The lowest BCUT2D eigenvalue weighted by Gasteiger charge is -2.61. The summed E-state index contributed by atoms with van der Waals surface area (Å²) in [5.74, 6) is 2.59. The molecule has 1 saturated heterocycles. The van der Waals surface area contributed by atoms with Crippen LogP contribution in [0.15, 0.2) is 0 Å². The third-order valence-electron chi connectivity index (χ3n) is 6.48. The lowest BCUT2D eigenvalue weighted by atomic mass is 9.47. The van der Waals surface area contributed by atoms with Gasteiger partial charge in [-0.1, -0.05) is 0 Å². The van der Waals surface area contributed by atoms with E-state index in [9.17, 15) is 0 Å². The van der Waals surface area contributed by atoms with Gasteiger partial charge in [0.15, 0.2) is 5.79 Å². The first-order valence-corrected chi connectivity index (χ1v) is 7.85. The molecule has 1 aliphatic heterocycles. The van der Waals surface area contributed by atoms with Gasteiger partial charge in [0, 0.05) is 5.41 Å². The van der Waals surface area contributed by atoms with Gasteiger partial charge in [-0.2, -0.15) is 0 Å². The highest BCUT2D eigenvalue weighted by Crippen LogP contribution is 2.65. The van der Waals surface area contributed by atoms with Crippen molar-refractivity contribution < 1.29 is 9.47 Å². The molecule has 5 aliphatic rings. The lowest BCUT2D eigenvalue weighted by Crippen LogP contribution is -2.57. The molecule has 0 aromatic carbocycles. The number of ether oxygens (including phenoxy) is 2. The molecule has 0 unspecified atom stereocenters. The molecular weight excluding hydrogens is 224 g/mol. The molecule has 0 aromatic rings. The molecule has 0 spiro atoms. The summed E-state index contributed by atoms with van der Waals surface area (Å²) in [6, 6.07) is 0. The van der Waals surface area contributed by atoms with Gasteiger partial charge in [0.05, 0.1) is 12.2 Å². The van der Waals surface area contributed by atoms with E-state index in [1.54, 1.807) is 0 Å². The van der Waals surface area contributed by atoms with E-state index in [0.29, 0.717) is 5.41 Å². The van der Waals surface area contributed by atoms with Gasteiger partial charge in [-0.05, 0) is 77.0 Å². The Morgan fingerprint density at radius 2 is 1.17 bits per heavy atom. The summed E-state index contributed by atoms with van der Waals surface area (Å²) in [6.45, 7) is 6.56. The molecule has 2 nitrogen and oxygen atoms in total. The van der Waals surface area contributed by atoms with E-state index in [4.69, 9.17) is 9.47 Å². The quantitative estimate of drug-likeness (QED) is 0.706. The third kappa shape index (κ3) is 1.42. The highest BCUT2D eigenvalue weighted by Gasteiger charge is 2.62. The van der Waals surface area contributed by atoms with Crippen LogP contribution in [0.1, 0.15) is 59.3 Å². The van der Waals surface area contributed by atoms with E-state index in [-0.39, 0.29) is 18.0 Å². The van der Waals surface area contributed by atoms with E-state index in [0.717, 1.165) is 17.8 Å². The Labute approximate surface area is 110 Å². The second-order valence-corrected chi connectivity index (χ2v) is 7.79. The van der Waals surface area contributed by atoms with Gasteiger partial charge < -0.3 is 9.47 Å². The van der Waals surface area contributed by atoms with Crippen LogP contribution in [0.3, 0.4) is 0 Å². The molecule has 5 fully saturated rings. The molecule has 2 heteroatoms. The average Bonchev–Trinajstić information content (AvgIpc) is 2.52. The standard InChI is InChI=1S/C16H26O2/c1-10-11(2)18-15(3,17-10)16-7-12-4-13(8-16)6-14(5-12)9-16/h10-14H,4-9H2,1-3H3/t10-,11-,12?,13?,14?,16?/m1/s1. The van der Waals surface area contributed by atoms with Crippen molar-refractivity contribution >= 4 is 0 Å². The van der Waals surface area contributed by atoms with Crippen LogP contribution in [-0.4, -0.2) is 18.0 Å². The largest absolute Gasteiger partial charge is 0.344 e. The lowest BCUT2D eigenvalue weighted by molar-refractivity contribution is -0.280. The third-order valence-corrected chi connectivity index (χ3v) is 6.48. The number of hydrogen-bond acceptors (Lipinski definition) is 2. The fourth-order valence-corrected chi connectivity index (χ4v) is 5.85. The van der Waals surface area contributed by atoms with E-state index in [1.165, 1.54) is 38.5 Å². The van der Waals surface area contributed by atoms with Crippen molar-refractivity contribution in [2.75, 3.05) is 0 Å². The zero-order valence-electron chi connectivity index (χ0n) is 11.9. The SMILES string of the molecule is C[C@H]1OC(C)(C23CC4CC(CC(C4)C2)C3)O[C@@H]1C. The molecular formula is C16H26O2. The van der Waals surface area contributed by atoms with Gasteiger partial charge in [-0.3, -0.25) is 0 Å². The van der Waals surface area contributed by atoms with Gasteiger partial charge in [0.2, 0.25) is 0 Å². The number of hydrogen-bond donors (Lipinski definition) is 0. The molecule has 4 aliphatic carbocycles. The van der Waals surface area contributed by atoms with Crippen LogP contribution in [0.4, 0.5) is 0 Å². The van der Waals surface area contributed by atoms with Crippen molar-refractivity contribution in [3.05, 3.63) is 0 Å². The van der Waals surface area contributed by atoms with Crippen molar-refractivity contribution in [3.8, 4) is 0 Å². The Hall–Kier alpha value is -0.0800. The molecule has 2 atom stereocenters. The predicted octanol–water partition coefficient (Wildman–Crippen LogP) is 3.74. The molecule has 18 heavy (non-hydrogen) atoms. The highest BCUT2D eigenvalue weighted by atomic mass is 16.8. The van der Waals surface area contributed by atoms with Crippen LogP contribution >= 0.6 is 0 Å². The van der Waals surface area contributed by atoms with Crippen LogP contribution in [0, 0.1) is 23.2 Å². The molecule has 0 radical (unpaired) electrons. The maximum Gasteiger partial charge on any atom is 0.172 e. The predicted molar refractivity (Wildman–Crippen MR) is 70.1 cm³/mol. The summed E-state index contributed by atoms with van der Waals surface area (Å²) in [4.78, 5) is 0. The number of rotatable bonds is 1. The van der Waals surface area contributed by atoms with Crippen molar-refractivity contribution in [2.45, 2.75) is 77.3 Å². The summed E-state index contributed by atoms with van der Waals surface area (Å²) < 4.78 is 12.6. The van der Waals surface area contributed by atoms with Gasteiger partial charge in [0.1, 0.15) is 0 Å². The second kappa shape index (κ2) is 3.52. The van der Waals surface area contributed by atoms with Gasteiger partial charge in [-0.25, -0.2) is 0 Å². The topological polar surface area (TPSA) is 18.5 Å². The summed E-state index contributed by atoms with van der Waals surface area (Å²) in [5.41, 5.74) is 0.334. The van der Waals surface area contributed by atoms with Gasteiger partial charge in [0.25, 0.3) is 0 Å². The van der Waals surface area contributed by atoms with Crippen molar-refractivity contribution in [2.24, 2.45) is 23.2 Å². The van der Waals surface area contributed by atoms with E-state index < -0.39 is 0 Å². The smallest absolute Gasteiger partial charge is 0.172 e. The van der Waals surface area contributed by atoms with Gasteiger partial charge in [-0.15, -0.1) is 0 Å². The maximum absolute atomic E-state index is 6.32. The van der Waals surface area contributed by atoms with Crippen LogP contribution in [-0.2, 0) is 9.47 Å². The Morgan fingerprint density at radius 1 is 0.778 bits per heavy atom. The van der Waals surface area contributed by atoms with Crippen LogP contribution in [0.25, 0.3) is 0 Å². The van der Waals surface area contributed by atoms with Crippen LogP contribution < -0.4 is 0 Å². The highest BCUT2D eigenvalue weighted by molar-refractivity contribution is 5.08. The van der Waals surface area contributed by atoms with E-state index >= 15 is 0 Å². The Balaban J connectivity index is 1.67. The van der Waals surface area contributed by atoms with Crippen LogP contribution in [0.5, 0.6) is 0 Å². The summed E-state index contributed by atoms with van der Waals surface area (Å²) >= 11 is 0.